The molecule has 0 saturated heterocycles. The number of aldehydes is 1. The maximum Gasteiger partial charge on any atom is 0.422 e. The quantitative estimate of drug-likeness (QED) is 0.795. The summed E-state index contributed by atoms with van der Waals surface area (Å²) in [6, 6.07) is 5.85. The molecule has 0 radical (unpaired) electrons. The van der Waals surface area contributed by atoms with Crippen LogP contribution in [0.25, 0.3) is 11.1 Å². The zero-order chi connectivity index (χ0) is 13.9. The van der Waals surface area contributed by atoms with E-state index in [4.69, 9.17) is 4.42 Å². The van der Waals surface area contributed by atoms with Crippen LogP contribution in [0.4, 0.5) is 13.2 Å². The minimum Gasteiger partial charge on any atom is -0.484 e. The Morgan fingerprint density at radius 3 is 2.58 bits per heavy atom. The molecule has 0 fully saturated rings. The van der Waals surface area contributed by atoms with Gasteiger partial charge in [0, 0.05) is 11.1 Å². The molecular weight excluding hydrogens is 261 g/mol. The third-order valence-electron chi connectivity index (χ3n) is 2.32. The highest BCUT2D eigenvalue weighted by Gasteiger charge is 2.28. The average Bonchev–Trinajstić information content (AvgIpc) is 2.89. The topological polar surface area (TPSA) is 39.4 Å². The van der Waals surface area contributed by atoms with Crippen LogP contribution in [0.1, 0.15) is 10.4 Å². The zero-order valence-corrected chi connectivity index (χ0v) is 9.61. The van der Waals surface area contributed by atoms with Crippen LogP contribution in [0, 0.1) is 0 Å². The second-order valence-electron chi connectivity index (χ2n) is 3.82. The summed E-state index contributed by atoms with van der Waals surface area (Å²) in [5.41, 5.74) is 1.44. The molecule has 1 heterocycles. The Labute approximate surface area is 106 Å². The van der Waals surface area contributed by atoms with E-state index in [2.05, 4.69) is 4.74 Å². The van der Waals surface area contributed by atoms with Gasteiger partial charge in [-0.2, -0.15) is 13.2 Å². The zero-order valence-electron chi connectivity index (χ0n) is 9.61. The summed E-state index contributed by atoms with van der Waals surface area (Å²) in [5.74, 6) is -0.0156. The van der Waals surface area contributed by atoms with E-state index in [0.717, 1.165) is 0 Å². The molecule has 2 aromatic rings. The molecule has 0 aliphatic rings. The van der Waals surface area contributed by atoms with E-state index in [0.29, 0.717) is 17.4 Å². The number of ether oxygens (including phenoxy) is 1. The molecule has 0 N–H and O–H groups in total. The minimum atomic E-state index is -4.42. The average molecular weight is 270 g/mol. The minimum absolute atomic E-state index is 0.0156. The number of benzene rings is 1. The first-order chi connectivity index (χ1) is 8.98. The maximum atomic E-state index is 12.1. The Hall–Kier alpha value is -2.24. The Morgan fingerprint density at radius 2 is 2.00 bits per heavy atom. The van der Waals surface area contributed by atoms with Crippen molar-refractivity contribution in [2.75, 3.05) is 6.61 Å². The van der Waals surface area contributed by atoms with Crippen molar-refractivity contribution in [1.29, 1.82) is 0 Å². The first-order valence-corrected chi connectivity index (χ1v) is 5.30. The van der Waals surface area contributed by atoms with E-state index in [9.17, 15) is 18.0 Å². The van der Waals surface area contributed by atoms with Gasteiger partial charge >= 0.3 is 6.18 Å². The molecule has 0 unspecified atom stereocenters. The fraction of sp³-hybridized carbons (Fsp3) is 0.154. The number of carbonyl (C=O) groups is 1. The van der Waals surface area contributed by atoms with Gasteiger partial charge in [0.2, 0.25) is 0 Å². The van der Waals surface area contributed by atoms with E-state index in [1.165, 1.54) is 30.7 Å². The Kier molecular flexibility index (Phi) is 3.59. The monoisotopic (exact) mass is 270 g/mol. The van der Waals surface area contributed by atoms with Gasteiger partial charge in [-0.1, -0.05) is 0 Å². The molecule has 0 aliphatic heterocycles. The van der Waals surface area contributed by atoms with Crippen molar-refractivity contribution in [3.63, 3.8) is 0 Å². The number of halogens is 3. The normalized spacial score (nSPS) is 11.3. The molecule has 0 spiro atoms. The van der Waals surface area contributed by atoms with Gasteiger partial charge in [0.15, 0.2) is 6.61 Å². The van der Waals surface area contributed by atoms with Crippen LogP contribution in [0.15, 0.2) is 41.2 Å². The Balaban J connectivity index is 2.29. The van der Waals surface area contributed by atoms with Gasteiger partial charge in [-0.25, -0.2) is 0 Å². The third-order valence-corrected chi connectivity index (χ3v) is 2.32. The molecule has 0 saturated carbocycles. The van der Waals surface area contributed by atoms with Gasteiger partial charge in [-0.3, -0.25) is 4.79 Å². The molecule has 0 bridgehead atoms. The predicted octanol–water partition coefficient (Wildman–Crippen LogP) is 3.70. The molecule has 19 heavy (non-hydrogen) atoms. The largest absolute Gasteiger partial charge is 0.484 e. The van der Waals surface area contributed by atoms with E-state index >= 15 is 0 Å². The van der Waals surface area contributed by atoms with Crippen molar-refractivity contribution in [3.05, 3.63) is 42.4 Å². The van der Waals surface area contributed by atoms with Crippen molar-refractivity contribution in [2.24, 2.45) is 0 Å². The summed E-state index contributed by atoms with van der Waals surface area (Å²) in [6.07, 6.45) is -1.02. The molecule has 1 aromatic carbocycles. The maximum absolute atomic E-state index is 12.1. The fourth-order valence-corrected chi connectivity index (χ4v) is 1.53. The number of carbonyl (C=O) groups excluding carboxylic acids is 1. The van der Waals surface area contributed by atoms with E-state index < -0.39 is 12.8 Å². The summed E-state index contributed by atoms with van der Waals surface area (Å²) in [7, 11) is 0. The summed E-state index contributed by atoms with van der Waals surface area (Å²) in [4.78, 5) is 10.8. The van der Waals surface area contributed by atoms with Crippen LogP contribution in [0.3, 0.4) is 0 Å². The van der Waals surface area contributed by atoms with Gasteiger partial charge in [0.1, 0.15) is 12.0 Å². The predicted molar refractivity (Wildman–Crippen MR) is 61.1 cm³/mol. The number of rotatable bonds is 4. The second-order valence-corrected chi connectivity index (χ2v) is 3.82. The van der Waals surface area contributed by atoms with Crippen LogP contribution >= 0.6 is 0 Å². The molecular formula is C13H9F3O3. The molecule has 1 aromatic heterocycles. The molecule has 0 amide bonds. The highest BCUT2D eigenvalue weighted by atomic mass is 19.4. The Bertz CT molecular complexity index is 559. The van der Waals surface area contributed by atoms with Crippen LogP contribution in [-0.4, -0.2) is 19.1 Å². The summed E-state index contributed by atoms with van der Waals surface area (Å²) in [5, 5.41) is 0. The highest BCUT2D eigenvalue weighted by molar-refractivity contribution is 5.80. The second kappa shape index (κ2) is 5.17. The number of alkyl halides is 3. The first-order valence-electron chi connectivity index (χ1n) is 5.30. The first kappa shape index (κ1) is 13.2. The van der Waals surface area contributed by atoms with Crippen molar-refractivity contribution in [3.8, 4) is 16.9 Å². The molecule has 6 heteroatoms. The third kappa shape index (κ3) is 3.61. The lowest BCUT2D eigenvalue weighted by Crippen LogP contribution is -2.19. The van der Waals surface area contributed by atoms with Gasteiger partial charge in [-0.05, 0) is 29.8 Å². The highest BCUT2D eigenvalue weighted by Crippen LogP contribution is 2.27. The van der Waals surface area contributed by atoms with Gasteiger partial charge < -0.3 is 9.15 Å². The fourth-order valence-electron chi connectivity index (χ4n) is 1.53. The SMILES string of the molecule is O=Cc1cc(OCC(F)(F)F)cc(-c2ccoc2)c1. The van der Waals surface area contributed by atoms with Crippen molar-refractivity contribution in [2.45, 2.75) is 6.18 Å². The van der Waals surface area contributed by atoms with E-state index in [1.54, 1.807) is 6.07 Å². The van der Waals surface area contributed by atoms with Gasteiger partial charge in [0.25, 0.3) is 0 Å². The number of hydrogen-bond acceptors (Lipinski definition) is 3. The van der Waals surface area contributed by atoms with Crippen LogP contribution in [0.2, 0.25) is 0 Å². The van der Waals surface area contributed by atoms with Crippen molar-refractivity contribution in [1.82, 2.24) is 0 Å². The molecule has 3 nitrogen and oxygen atoms in total. The van der Waals surface area contributed by atoms with Crippen LogP contribution in [-0.2, 0) is 0 Å². The molecule has 2 rings (SSSR count). The molecule has 100 valence electrons. The lowest BCUT2D eigenvalue weighted by Gasteiger charge is -2.10. The summed E-state index contributed by atoms with van der Waals surface area (Å²) < 4.78 is 45.8. The number of furan rings is 1. The van der Waals surface area contributed by atoms with Crippen molar-refractivity contribution >= 4 is 6.29 Å². The standard InChI is InChI=1S/C13H9F3O3/c14-13(15,16)8-19-12-4-9(6-17)3-11(5-12)10-1-2-18-7-10/h1-7H,8H2. The van der Waals surface area contributed by atoms with E-state index in [-0.39, 0.29) is 11.3 Å². The van der Waals surface area contributed by atoms with Crippen molar-refractivity contribution < 1.29 is 27.1 Å². The van der Waals surface area contributed by atoms with Crippen LogP contribution < -0.4 is 4.74 Å². The van der Waals surface area contributed by atoms with Gasteiger partial charge in [0.05, 0.1) is 12.5 Å². The molecule has 0 aliphatic carbocycles. The smallest absolute Gasteiger partial charge is 0.422 e. The van der Waals surface area contributed by atoms with Crippen LogP contribution in [0.5, 0.6) is 5.75 Å². The summed E-state index contributed by atoms with van der Waals surface area (Å²) >= 11 is 0. The van der Waals surface area contributed by atoms with E-state index in [1.807, 2.05) is 0 Å². The summed E-state index contributed by atoms with van der Waals surface area (Å²) in [6.45, 7) is -1.40. The van der Waals surface area contributed by atoms with Gasteiger partial charge in [-0.15, -0.1) is 0 Å². The lowest BCUT2D eigenvalue weighted by molar-refractivity contribution is -0.153. The molecule has 0 atom stereocenters. The number of hydrogen-bond donors (Lipinski definition) is 0. The Morgan fingerprint density at radius 1 is 1.21 bits per heavy atom. The lowest BCUT2D eigenvalue weighted by atomic mass is 10.1.